The highest BCUT2D eigenvalue weighted by Gasteiger charge is 2.25. The van der Waals surface area contributed by atoms with Crippen molar-refractivity contribution in [3.8, 4) is 0 Å². The van der Waals surface area contributed by atoms with Crippen LogP contribution in [0.2, 0.25) is 0 Å². The van der Waals surface area contributed by atoms with Crippen molar-refractivity contribution in [3.63, 3.8) is 0 Å². The van der Waals surface area contributed by atoms with Crippen LogP contribution in [0.4, 0.5) is 0 Å². The van der Waals surface area contributed by atoms with Crippen LogP contribution in [0.1, 0.15) is 113 Å². The number of carbonyl (C=O) groups excluding carboxylic acids is 2. The number of cyclic esters (lactones) is 1. The van der Waals surface area contributed by atoms with E-state index in [4.69, 9.17) is 9.47 Å². The number of esters is 2. The molecule has 0 spiro atoms. The van der Waals surface area contributed by atoms with Crippen molar-refractivity contribution in [2.45, 2.75) is 143 Å². The lowest BCUT2D eigenvalue weighted by Crippen LogP contribution is -2.32. The minimum atomic E-state index is -1.06. The monoisotopic (exact) mass is 725 g/mol. The number of unbranched alkanes of at least 4 members (excludes halogenated alkanes) is 2. The first kappa shape index (κ1) is 46.4. The molecular formula is C42H67N3O7. The number of hydrogen-bond donors (Lipinski definition) is 3. The summed E-state index contributed by atoms with van der Waals surface area (Å²) in [5.74, 6) is -0.576. The zero-order valence-electron chi connectivity index (χ0n) is 33.0. The van der Waals surface area contributed by atoms with Gasteiger partial charge in [-0.2, -0.15) is 0 Å². The molecule has 0 aliphatic carbocycles. The molecule has 292 valence electrons. The first-order valence-electron chi connectivity index (χ1n) is 18.9. The molecule has 1 heterocycles. The van der Waals surface area contributed by atoms with E-state index < -0.39 is 24.3 Å². The third kappa shape index (κ3) is 21.7. The molecule has 0 fully saturated rings. The second kappa shape index (κ2) is 26.2. The van der Waals surface area contributed by atoms with E-state index in [2.05, 4.69) is 43.8 Å². The molecule has 1 aliphatic heterocycles. The number of hydrogen-bond acceptors (Lipinski definition) is 9. The third-order valence-electron chi connectivity index (χ3n) is 8.76. The zero-order valence-corrected chi connectivity index (χ0v) is 33.0. The number of ether oxygens (including phenoxy) is 2. The van der Waals surface area contributed by atoms with E-state index in [-0.39, 0.29) is 42.9 Å². The topological polar surface area (TPSA) is 141 Å². The van der Waals surface area contributed by atoms with Gasteiger partial charge in [0.2, 0.25) is 0 Å². The van der Waals surface area contributed by atoms with Gasteiger partial charge < -0.3 is 24.8 Å². The number of allylic oxidation sites excluding steroid dienone is 10. The Balaban J connectivity index is 2.74. The third-order valence-corrected chi connectivity index (χ3v) is 8.76. The number of aliphatic hydroxyl groups is 3. The standard InChI is InChI=1S/C42H67N3O7/c1-10-11-12-20-35(7)43-44-45(9)29-34(6)40-21-14-13-19-33(5)39(22-16-23-41(49)52-40)51-42(50)25-24-32(4)26-30(2)17-15-18-31(3)27-37(47)38(48)28-36(8)46/h13-15,17-18,24-27,33-34,36-40,46-48H,7,10-12,16,19-23,28-29H2,1-6,8-9H3/b14-13+,18-15+,25-24+,30-17+,31-27+,32-26+,44-43?/t33-,34-,36-,37-,38-,39-,40+/m0/s1. The first-order chi connectivity index (χ1) is 24.6. The predicted octanol–water partition coefficient (Wildman–Crippen LogP) is 8.44. The summed E-state index contributed by atoms with van der Waals surface area (Å²) in [4.78, 5) is 25.7. The minimum absolute atomic E-state index is 0.0366. The Hall–Kier alpha value is -3.60. The normalized spacial score (nSPS) is 23.1. The van der Waals surface area contributed by atoms with Gasteiger partial charge in [0.15, 0.2) is 0 Å². The second-order valence-electron chi connectivity index (χ2n) is 14.4. The Bertz CT molecular complexity index is 1310. The Morgan fingerprint density at radius 2 is 1.79 bits per heavy atom. The fourth-order valence-electron chi connectivity index (χ4n) is 5.68. The number of aliphatic hydroxyl groups excluding tert-OH is 3. The van der Waals surface area contributed by atoms with Crippen LogP contribution in [0.5, 0.6) is 0 Å². The number of carbonyl (C=O) groups is 2. The van der Waals surface area contributed by atoms with E-state index in [1.165, 1.54) is 6.08 Å². The maximum atomic E-state index is 12.8. The van der Waals surface area contributed by atoms with Gasteiger partial charge in [-0.1, -0.05) is 111 Å². The van der Waals surface area contributed by atoms with Gasteiger partial charge in [0, 0.05) is 44.8 Å². The highest BCUT2D eigenvalue weighted by Crippen LogP contribution is 2.23. The van der Waals surface area contributed by atoms with Gasteiger partial charge in [-0.05, 0) is 65.7 Å². The van der Waals surface area contributed by atoms with Crippen LogP contribution in [-0.2, 0) is 19.1 Å². The molecule has 1 rings (SSSR count). The molecule has 0 aromatic carbocycles. The van der Waals surface area contributed by atoms with Crippen molar-refractivity contribution in [1.82, 2.24) is 5.01 Å². The fourth-order valence-corrected chi connectivity index (χ4v) is 5.68. The molecule has 7 atom stereocenters. The van der Waals surface area contributed by atoms with Crippen LogP contribution >= 0.6 is 0 Å². The van der Waals surface area contributed by atoms with Crippen LogP contribution in [0.25, 0.3) is 0 Å². The number of rotatable bonds is 19. The maximum absolute atomic E-state index is 12.8. The summed E-state index contributed by atoms with van der Waals surface area (Å²) < 4.78 is 11.8. The average Bonchev–Trinajstić information content (AvgIpc) is 3.06. The summed E-state index contributed by atoms with van der Waals surface area (Å²) in [5, 5.41) is 39.8. The molecule has 3 N–H and O–H groups in total. The quantitative estimate of drug-likeness (QED) is 0.0229. The lowest BCUT2D eigenvalue weighted by atomic mass is 9.94. The van der Waals surface area contributed by atoms with Crippen molar-refractivity contribution in [2.24, 2.45) is 22.2 Å². The Morgan fingerprint density at radius 3 is 2.48 bits per heavy atom. The SMILES string of the molecule is C=C(CCCCC)N=NN(C)C[C@H](C)[C@H]1C/C=C/C[C@H](C)[C@@H](OC(=O)/C=C/C(C)=C/C(C)=C/C=C/C(C)=C/[C@H](O)[C@@H](O)C[C@H](C)O)CCCC(=O)O1. The molecule has 0 aromatic heterocycles. The lowest BCUT2D eigenvalue weighted by molar-refractivity contribution is -0.152. The largest absolute Gasteiger partial charge is 0.462 e. The first-order valence-corrected chi connectivity index (χ1v) is 18.9. The van der Waals surface area contributed by atoms with Gasteiger partial charge >= 0.3 is 11.9 Å². The Kier molecular flexibility index (Phi) is 23.4. The van der Waals surface area contributed by atoms with E-state index in [9.17, 15) is 24.9 Å². The van der Waals surface area contributed by atoms with Crippen LogP contribution in [0, 0.1) is 11.8 Å². The van der Waals surface area contributed by atoms with Crippen molar-refractivity contribution in [1.29, 1.82) is 0 Å². The summed E-state index contributed by atoms with van der Waals surface area (Å²) in [5.41, 5.74) is 3.36. The van der Waals surface area contributed by atoms with Gasteiger partial charge in [-0.3, -0.25) is 9.80 Å². The Labute approximate surface area is 313 Å². The summed E-state index contributed by atoms with van der Waals surface area (Å²) in [6.07, 6.45) is 19.9. The summed E-state index contributed by atoms with van der Waals surface area (Å²) >= 11 is 0. The molecule has 10 heteroatoms. The summed E-state index contributed by atoms with van der Waals surface area (Å²) in [7, 11) is 1.87. The molecular weight excluding hydrogens is 658 g/mol. The molecule has 0 bridgehead atoms. The summed E-state index contributed by atoms with van der Waals surface area (Å²) in [6.45, 7) is 18.1. The van der Waals surface area contributed by atoms with Gasteiger partial charge in [0.1, 0.15) is 12.2 Å². The molecule has 1 aliphatic rings. The molecule has 52 heavy (non-hydrogen) atoms. The minimum Gasteiger partial charge on any atom is -0.462 e. The van der Waals surface area contributed by atoms with Gasteiger partial charge in [-0.15, -0.1) is 5.11 Å². The van der Waals surface area contributed by atoms with Gasteiger partial charge in [-0.25, -0.2) is 4.79 Å². The van der Waals surface area contributed by atoms with Crippen LogP contribution in [-0.4, -0.2) is 76.4 Å². The van der Waals surface area contributed by atoms with Crippen LogP contribution < -0.4 is 0 Å². The molecule has 0 saturated heterocycles. The zero-order chi connectivity index (χ0) is 39.1. The highest BCUT2D eigenvalue weighted by molar-refractivity contribution is 5.82. The van der Waals surface area contributed by atoms with Crippen molar-refractivity contribution < 1.29 is 34.4 Å². The van der Waals surface area contributed by atoms with E-state index in [0.717, 1.165) is 54.5 Å². The van der Waals surface area contributed by atoms with E-state index in [0.29, 0.717) is 25.8 Å². The molecule has 10 nitrogen and oxygen atoms in total. The van der Waals surface area contributed by atoms with E-state index in [1.807, 2.05) is 58.2 Å². The molecule has 0 aromatic rings. The van der Waals surface area contributed by atoms with E-state index >= 15 is 0 Å². The Morgan fingerprint density at radius 1 is 1.08 bits per heavy atom. The molecule has 0 amide bonds. The van der Waals surface area contributed by atoms with Gasteiger partial charge in [0.05, 0.1) is 24.0 Å². The molecule has 0 unspecified atom stereocenters. The smallest absolute Gasteiger partial charge is 0.331 e. The van der Waals surface area contributed by atoms with Crippen LogP contribution in [0.3, 0.4) is 0 Å². The maximum Gasteiger partial charge on any atom is 0.331 e. The van der Waals surface area contributed by atoms with Crippen LogP contribution in [0.15, 0.2) is 94.0 Å². The van der Waals surface area contributed by atoms with Gasteiger partial charge in [0.25, 0.3) is 0 Å². The summed E-state index contributed by atoms with van der Waals surface area (Å²) in [6, 6.07) is 0. The number of nitrogens with zero attached hydrogens (tertiary/aromatic N) is 3. The van der Waals surface area contributed by atoms with Crippen molar-refractivity contribution >= 4 is 11.9 Å². The van der Waals surface area contributed by atoms with Crippen molar-refractivity contribution in [2.75, 3.05) is 13.6 Å². The second-order valence-corrected chi connectivity index (χ2v) is 14.4. The molecule has 0 radical (unpaired) electrons. The highest BCUT2D eigenvalue weighted by atomic mass is 16.5. The average molecular weight is 726 g/mol. The predicted molar refractivity (Wildman–Crippen MR) is 209 cm³/mol. The molecule has 0 saturated carbocycles. The van der Waals surface area contributed by atoms with Crippen molar-refractivity contribution in [3.05, 3.63) is 83.7 Å². The fraction of sp³-hybridized carbons (Fsp3) is 0.619. The van der Waals surface area contributed by atoms with E-state index in [1.54, 1.807) is 24.1 Å². The lowest BCUT2D eigenvalue weighted by Gasteiger charge is -2.27.